The van der Waals surface area contributed by atoms with Crippen molar-refractivity contribution in [2.45, 2.75) is 0 Å². The lowest BCUT2D eigenvalue weighted by molar-refractivity contribution is 0.0598. The van der Waals surface area contributed by atoms with E-state index in [1.54, 1.807) is 31.4 Å². The highest BCUT2D eigenvalue weighted by Gasteiger charge is 2.18. The largest absolute Gasteiger partial charge is 0.497 e. The second kappa shape index (κ2) is 6.37. The first kappa shape index (κ1) is 15.0. The second-order valence-electron chi connectivity index (χ2n) is 4.15. The molecule has 0 fully saturated rings. The number of nitrogen functional groups attached to an aromatic ring is 1. The van der Waals surface area contributed by atoms with E-state index in [1.165, 1.54) is 19.2 Å². The number of esters is 1. The zero-order valence-corrected chi connectivity index (χ0v) is 12.3. The highest BCUT2D eigenvalue weighted by Crippen LogP contribution is 2.36. The topological polar surface area (TPSA) is 70.8 Å². The van der Waals surface area contributed by atoms with E-state index in [0.717, 1.165) is 0 Å². The van der Waals surface area contributed by atoms with Crippen LogP contribution in [-0.2, 0) is 4.74 Å². The quantitative estimate of drug-likeness (QED) is 0.691. The molecule has 0 spiro atoms. The molecule has 0 aliphatic carbocycles. The van der Waals surface area contributed by atoms with Gasteiger partial charge in [0.25, 0.3) is 0 Å². The third-order valence-electron chi connectivity index (χ3n) is 2.73. The van der Waals surface area contributed by atoms with E-state index in [2.05, 4.69) is 0 Å². The molecule has 21 heavy (non-hydrogen) atoms. The maximum atomic E-state index is 11.8. The fourth-order valence-electron chi connectivity index (χ4n) is 1.76. The minimum Gasteiger partial charge on any atom is -0.497 e. The van der Waals surface area contributed by atoms with Crippen LogP contribution < -0.4 is 15.2 Å². The van der Waals surface area contributed by atoms with Gasteiger partial charge in [-0.25, -0.2) is 4.79 Å². The normalized spacial score (nSPS) is 10.0. The number of ether oxygens (including phenoxy) is 3. The lowest BCUT2D eigenvalue weighted by Gasteiger charge is -2.13. The number of halogens is 1. The van der Waals surface area contributed by atoms with Gasteiger partial charge in [-0.1, -0.05) is 17.7 Å². The van der Waals surface area contributed by atoms with E-state index >= 15 is 0 Å². The zero-order valence-electron chi connectivity index (χ0n) is 11.6. The Bertz CT molecular complexity index is 673. The van der Waals surface area contributed by atoms with Gasteiger partial charge in [0.1, 0.15) is 17.1 Å². The Morgan fingerprint density at radius 2 is 1.86 bits per heavy atom. The van der Waals surface area contributed by atoms with Crippen LogP contribution in [0.4, 0.5) is 5.69 Å². The van der Waals surface area contributed by atoms with E-state index in [1.807, 2.05) is 0 Å². The van der Waals surface area contributed by atoms with Crippen molar-refractivity contribution in [2.75, 3.05) is 20.0 Å². The number of hydrogen-bond acceptors (Lipinski definition) is 5. The molecule has 0 saturated heterocycles. The van der Waals surface area contributed by atoms with Crippen molar-refractivity contribution >= 4 is 23.3 Å². The molecule has 0 saturated carbocycles. The minimum absolute atomic E-state index is 0.158. The van der Waals surface area contributed by atoms with Crippen molar-refractivity contribution in [1.29, 1.82) is 0 Å². The fourth-order valence-corrected chi connectivity index (χ4v) is 2.03. The number of rotatable bonds is 4. The van der Waals surface area contributed by atoms with Crippen LogP contribution in [0.1, 0.15) is 10.4 Å². The van der Waals surface area contributed by atoms with Gasteiger partial charge in [-0.05, 0) is 24.3 Å². The Balaban J connectivity index is 2.45. The first-order valence-electron chi connectivity index (χ1n) is 6.04. The number of carbonyl (C=O) groups excluding carboxylic acids is 1. The lowest BCUT2D eigenvalue weighted by Crippen LogP contribution is -2.05. The maximum Gasteiger partial charge on any atom is 0.341 e. The predicted octanol–water partition coefficient (Wildman–Crippen LogP) is 3.51. The Labute approximate surface area is 127 Å². The minimum atomic E-state index is -0.581. The van der Waals surface area contributed by atoms with Crippen LogP contribution in [0.15, 0.2) is 36.4 Å². The molecule has 0 amide bonds. The summed E-state index contributed by atoms with van der Waals surface area (Å²) in [5, 5.41) is 0.221. The monoisotopic (exact) mass is 307 g/mol. The molecule has 0 aromatic heterocycles. The van der Waals surface area contributed by atoms with Gasteiger partial charge < -0.3 is 19.9 Å². The van der Waals surface area contributed by atoms with Crippen LogP contribution in [0.5, 0.6) is 17.2 Å². The summed E-state index contributed by atoms with van der Waals surface area (Å²) in [4.78, 5) is 11.8. The van der Waals surface area contributed by atoms with Gasteiger partial charge >= 0.3 is 5.97 Å². The summed E-state index contributed by atoms with van der Waals surface area (Å²) in [5.74, 6) is 0.706. The van der Waals surface area contributed by atoms with Gasteiger partial charge in [-0.15, -0.1) is 0 Å². The van der Waals surface area contributed by atoms with Crippen LogP contribution in [0.2, 0.25) is 5.02 Å². The number of hydrogen-bond donors (Lipinski definition) is 1. The summed E-state index contributed by atoms with van der Waals surface area (Å²) >= 11 is 6.12. The van der Waals surface area contributed by atoms with Crippen molar-refractivity contribution in [3.05, 3.63) is 47.0 Å². The van der Waals surface area contributed by atoms with E-state index in [-0.39, 0.29) is 16.3 Å². The highest BCUT2D eigenvalue weighted by atomic mass is 35.5. The molecule has 5 nitrogen and oxygen atoms in total. The van der Waals surface area contributed by atoms with Crippen molar-refractivity contribution in [3.63, 3.8) is 0 Å². The number of carbonyl (C=O) groups is 1. The van der Waals surface area contributed by atoms with Gasteiger partial charge in [-0.3, -0.25) is 0 Å². The molecule has 6 heteroatoms. The second-order valence-corrected chi connectivity index (χ2v) is 4.56. The number of anilines is 1. The van der Waals surface area contributed by atoms with Gasteiger partial charge in [-0.2, -0.15) is 0 Å². The van der Waals surface area contributed by atoms with E-state index in [9.17, 15) is 4.79 Å². The Morgan fingerprint density at radius 3 is 2.52 bits per heavy atom. The maximum absolute atomic E-state index is 11.8. The van der Waals surface area contributed by atoms with Crippen LogP contribution in [-0.4, -0.2) is 20.2 Å². The molecule has 0 aliphatic rings. The highest BCUT2D eigenvalue weighted by molar-refractivity contribution is 6.33. The zero-order chi connectivity index (χ0) is 15.4. The van der Waals surface area contributed by atoms with E-state index in [0.29, 0.717) is 17.2 Å². The first-order chi connectivity index (χ1) is 10.0. The summed E-state index contributed by atoms with van der Waals surface area (Å²) in [5.41, 5.74) is 6.20. The molecule has 2 rings (SSSR count). The summed E-state index contributed by atoms with van der Waals surface area (Å²) in [6.45, 7) is 0. The van der Waals surface area contributed by atoms with Crippen LogP contribution in [0.25, 0.3) is 0 Å². The van der Waals surface area contributed by atoms with Crippen LogP contribution in [0.3, 0.4) is 0 Å². The molecule has 0 heterocycles. The summed E-state index contributed by atoms with van der Waals surface area (Å²) < 4.78 is 15.5. The molecule has 0 aliphatic heterocycles. The van der Waals surface area contributed by atoms with Crippen molar-refractivity contribution in [1.82, 2.24) is 0 Å². The fraction of sp³-hybridized carbons (Fsp3) is 0.133. The molecule has 0 bridgehead atoms. The molecule has 0 unspecified atom stereocenters. The van der Waals surface area contributed by atoms with Crippen molar-refractivity contribution < 1.29 is 19.0 Å². The Hall–Kier alpha value is -2.40. The Morgan fingerprint density at radius 1 is 1.14 bits per heavy atom. The molecule has 2 aromatic carbocycles. The number of nitrogens with two attached hydrogens (primary N) is 1. The summed E-state index contributed by atoms with van der Waals surface area (Å²) in [7, 11) is 2.82. The first-order valence-corrected chi connectivity index (χ1v) is 6.42. The Kier molecular flexibility index (Phi) is 4.55. The predicted molar refractivity (Wildman–Crippen MR) is 80.3 cm³/mol. The number of methoxy groups -OCH3 is 2. The van der Waals surface area contributed by atoms with Gasteiger partial charge in [0.2, 0.25) is 0 Å². The van der Waals surface area contributed by atoms with Gasteiger partial charge in [0, 0.05) is 11.8 Å². The van der Waals surface area contributed by atoms with Gasteiger partial charge in [0.05, 0.1) is 19.2 Å². The van der Waals surface area contributed by atoms with E-state index in [4.69, 9.17) is 31.5 Å². The molecular formula is C15H14ClNO4. The van der Waals surface area contributed by atoms with Gasteiger partial charge in [0.15, 0.2) is 5.75 Å². The molecule has 2 aromatic rings. The van der Waals surface area contributed by atoms with E-state index < -0.39 is 5.97 Å². The molecule has 0 radical (unpaired) electrons. The lowest BCUT2D eigenvalue weighted by atomic mass is 10.1. The van der Waals surface area contributed by atoms with Crippen molar-refractivity contribution in [3.8, 4) is 17.2 Å². The summed E-state index contributed by atoms with van der Waals surface area (Å²) in [6, 6.07) is 9.89. The molecule has 0 atom stereocenters. The molecule has 110 valence electrons. The average molecular weight is 308 g/mol. The smallest absolute Gasteiger partial charge is 0.341 e. The number of benzene rings is 2. The van der Waals surface area contributed by atoms with Crippen molar-refractivity contribution in [2.24, 2.45) is 0 Å². The SMILES string of the molecule is COC(=O)c1cc(N)cc(Cl)c1Oc1cccc(OC)c1. The third-order valence-corrected chi connectivity index (χ3v) is 3.01. The molecular weight excluding hydrogens is 294 g/mol. The third kappa shape index (κ3) is 3.38. The summed E-state index contributed by atoms with van der Waals surface area (Å²) in [6.07, 6.45) is 0. The average Bonchev–Trinajstić information content (AvgIpc) is 2.49. The molecule has 2 N–H and O–H groups in total. The van der Waals surface area contributed by atoms with Crippen LogP contribution in [0, 0.1) is 0 Å². The van der Waals surface area contributed by atoms with Crippen LogP contribution >= 0.6 is 11.6 Å². The standard InChI is InChI=1S/C15H14ClNO4/c1-19-10-4-3-5-11(8-10)21-14-12(15(18)20-2)6-9(17)7-13(14)16/h3-8H,17H2,1-2H3.